The van der Waals surface area contributed by atoms with Gasteiger partial charge >= 0.3 is 0 Å². The molecule has 0 saturated heterocycles. The zero-order valence-electron chi connectivity index (χ0n) is 9.84. The normalized spacial score (nSPS) is 11.2. The maximum Gasteiger partial charge on any atom is 0.114 e. The van der Waals surface area contributed by atoms with E-state index in [1.807, 2.05) is 19.3 Å². The van der Waals surface area contributed by atoms with Crippen molar-refractivity contribution in [2.75, 3.05) is 0 Å². The number of benzene rings is 1. The smallest absolute Gasteiger partial charge is 0.114 e. The van der Waals surface area contributed by atoms with Crippen molar-refractivity contribution >= 4 is 21.6 Å². The fourth-order valence-electron chi connectivity index (χ4n) is 1.84. The van der Waals surface area contributed by atoms with Gasteiger partial charge < -0.3 is 4.57 Å². The lowest BCUT2D eigenvalue weighted by molar-refractivity contribution is 0.765. The molecule has 3 nitrogen and oxygen atoms in total. The van der Waals surface area contributed by atoms with Crippen LogP contribution in [0.3, 0.4) is 0 Å². The predicted octanol–water partition coefficient (Wildman–Crippen LogP) is 3.16. The Morgan fingerprint density at radius 3 is 2.76 bits per heavy atom. The summed E-state index contributed by atoms with van der Waals surface area (Å²) >= 11 is 1.75. The van der Waals surface area contributed by atoms with E-state index in [9.17, 15) is 0 Å². The summed E-state index contributed by atoms with van der Waals surface area (Å²) in [6.45, 7) is 4.94. The molecule has 17 heavy (non-hydrogen) atoms. The van der Waals surface area contributed by atoms with Crippen LogP contribution in [0.4, 0.5) is 0 Å². The van der Waals surface area contributed by atoms with Crippen LogP contribution in [-0.4, -0.2) is 14.5 Å². The molecule has 0 aliphatic carbocycles. The van der Waals surface area contributed by atoms with Gasteiger partial charge in [0.25, 0.3) is 0 Å². The molecule has 0 bridgehead atoms. The average Bonchev–Trinajstić information content (AvgIpc) is 2.87. The molecule has 3 aromatic rings. The van der Waals surface area contributed by atoms with Crippen molar-refractivity contribution in [2.45, 2.75) is 20.4 Å². The van der Waals surface area contributed by atoms with Crippen LogP contribution in [-0.2, 0) is 6.54 Å². The molecule has 0 unspecified atom stereocenters. The molecule has 0 aliphatic rings. The third-order valence-electron chi connectivity index (χ3n) is 2.99. The number of aryl methyl sites for hydroxylation is 1. The molecule has 0 radical (unpaired) electrons. The lowest BCUT2D eigenvalue weighted by Crippen LogP contribution is -1.99. The number of rotatable bonds is 2. The Morgan fingerprint density at radius 1 is 1.24 bits per heavy atom. The predicted molar refractivity (Wildman–Crippen MR) is 70.4 cm³/mol. The van der Waals surface area contributed by atoms with Gasteiger partial charge in [-0.25, -0.2) is 9.97 Å². The number of hydrogen-bond donors (Lipinski definition) is 0. The molecule has 0 spiro atoms. The van der Waals surface area contributed by atoms with E-state index >= 15 is 0 Å². The van der Waals surface area contributed by atoms with Gasteiger partial charge in [-0.2, -0.15) is 0 Å². The number of thiazole rings is 1. The standard InChI is InChI=1S/C13H13N3S/c1-9-10(2)16(8-14-9)7-13-15-11-5-3-4-6-12(11)17-13/h3-6,8H,7H2,1-2H3. The molecule has 2 aromatic heterocycles. The summed E-state index contributed by atoms with van der Waals surface area (Å²) in [5, 5.41) is 1.13. The monoisotopic (exact) mass is 243 g/mol. The molecule has 3 rings (SSSR count). The summed E-state index contributed by atoms with van der Waals surface area (Å²) in [6.07, 6.45) is 1.89. The van der Waals surface area contributed by atoms with Crippen molar-refractivity contribution in [3.8, 4) is 0 Å². The zero-order chi connectivity index (χ0) is 11.8. The minimum absolute atomic E-state index is 0.812. The third-order valence-corrected chi connectivity index (χ3v) is 4.01. The second-order valence-corrected chi connectivity index (χ2v) is 5.23. The van der Waals surface area contributed by atoms with Crippen molar-refractivity contribution in [1.29, 1.82) is 0 Å². The first-order valence-electron chi connectivity index (χ1n) is 5.57. The fraction of sp³-hybridized carbons (Fsp3) is 0.231. The number of hydrogen-bond acceptors (Lipinski definition) is 3. The Kier molecular flexibility index (Phi) is 2.44. The quantitative estimate of drug-likeness (QED) is 0.692. The summed E-state index contributed by atoms with van der Waals surface area (Å²) in [7, 11) is 0. The highest BCUT2D eigenvalue weighted by molar-refractivity contribution is 7.18. The molecular weight excluding hydrogens is 230 g/mol. The van der Waals surface area contributed by atoms with E-state index in [4.69, 9.17) is 0 Å². The maximum atomic E-state index is 4.63. The second kappa shape index (κ2) is 3.96. The fourth-order valence-corrected chi connectivity index (χ4v) is 2.80. The SMILES string of the molecule is Cc1ncn(Cc2nc3ccccc3s2)c1C. The van der Waals surface area contributed by atoms with Gasteiger partial charge in [0.2, 0.25) is 0 Å². The average molecular weight is 243 g/mol. The summed E-state index contributed by atoms with van der Waals surface area (Å²) in [4.78, 5) is 8.93. The Bertz CT molecular complexity index is 633. The molecule has 1 aromatic carbocycles. The highest BCUT2D eigenvalue weighted by Gasteiger charge is 2.06. The van der Waals surface area contributed by atoms with Crippen LogP contribution in [0.25, 0.3) is 10.2 Å². The van der Waals surface area contributed by atoms with E-state index in [0.717, 1.165) is 22.8 Å². The van der Waals surface area contributed by atoms with Gasteiger partial charge in [-0.15, -0.1) is 11.3 Å². The molecule has 0 aliphatic heterocycles. The van der Waals surface area contributed by atoms with Crippen LogP contribution >= 0.6 is 11.3 Å². The van der Waals surface area contributed by atoms with Gasteiger partial charge in [0, 0.05) is 5.69 Å². The van der Waals surface area contributed by atoms with Gasteiger partial charge in [0.05, 0.1) is 28.8 Å². The zero-order valence-corrected chi connectivity index (χ0v) is 10.7. The van der Waals surface area contributed by atoms with Gasteiger partial charge in [0.15, 0.2) is 0 Å². The second-order valence-electron chi connectivity index (χ2n) is 4.12. The Hall–Kier alpha value is -1.68. The lowest BCUT2D eigenvalue weighted by Gasteiger charge is -2.01. The molecule has 86 valence electrons. The van der Waals surface area contributed by atoms with Crippen molar-refractivity contribution in [1.82, 2.24) is 14.5 Å². The Balaban J connectivity index is 1.97. The molecule has 0 saturated carbocycles. The van der Waals surface area contributed by atoms with Gasteiger partial charge in [0.1, 0.15) is 5.01 Å². The highest BCUT2D eigenvalue weighted by Crippen LogP contribution is 2.22. The van der Waals surface area contributed by atoms with Crippen LogP contribution in [0.2, 0.25) is 0 Å². The molecule has 0 atom stereocenters. The molecule has 0 amide bonds. The van der Waals surface area contributed by atoms with Gasteiger partial charge in [-0.3, -0.25) is 0 Å². The summed E-state index contributed by atoms with van der Waals surface area (Å²) in [5.74, 6) is 0. The first-order valence-corrected chi connectivity index (χ1v) is 6.38. The first-order chi connectivity index (χ1) is 8.24. The number of imidazole rings is 1. The number of aromatic nitrogens is 3. The minimum Gasteiger partial charge on any atom is -0.328 e. The Labute approximate surface area is 104 Å². The van der Waals surface area contributed by atoms with E-state index in [1.54, 1.807) is 11.3 Å². The van der Waals surface area contributed by atoms with Crippen LogP contribution in [0.5, 0.6) is 0 Å². The number of para-hydroxylation sites is 1. The number of fused-ring (bicyclic) bond motifs is 1. The van der Waals surface area contributed by atoms with Crippen LogP contribution in [0.1, 0.15) is 16.4 Å². The van der Waals surface area contributed by atoms with Crippen LogP contribution in [0, 0.1) is 13.8 Å². The van der Waals surface area contributed by atoms with Crippen molar-refractivity contribution < 1.29 is 0 Å². The highest BCUT2D eigenvalue weighted by atomic mass is 32.1. The molecular formula is C13H13N3S. The largest absolute Gasteiger partial charge is 0.328 e. The minimum atomic E-state index is 0.812. The first kappa shape index (κ1) is 10.5. The van der Waals surface area contributed by atoms with Crippen LogP contribution < -0.4 is 0 Å². The van der Waals surface area contributed by atoms with Gasteiger partial charge in [-0.1, -0.05) is 12.1 Å². The molecule has 4 heteroatoms. The number of nitrogens with zero attached hydrogens (tertiary/aromatic N) is 3. The van der Waals surface area contributed by atoms with Crippen molar-refractivity contribution in [3.05, 3.63) is 47.0 Å². The summed E-state index contributed by atoms with van der Waals surface area (Å²) in [6, 6.07) is 8.25. The summed E-state index contributed by atoms with van der Waals surface area (Å²) < 4.78 is 3.39. The molecule has 2 heterocycles. The van der Waals surface area contributed by atoms with E-state index in [-0.39, 0.29) is 0 Å². The van der Waals surface area contributed by atoms with Gasteiger partial charge in [-0.05, 0) is 26.0 Å². The summed E-state index contributed by atoms with van der Waals surface area (Å²) in [5.41, 5.74) is 3.39. The van der Waals surface area contributed by atoms with E-state index in [2.05, 4.69) is 39.7 Å². The van der Waals surface area contributed by atoms with E-state index in [1.165, 1.54) is 10.4 Å². The maximum absolute atomic E-state index is 4.63. The molecule has 0 fully saturated rings. The topological polar surface area (TPSA) is 30.7 Å². The van der Waals surface area contributed by atoms with Crippen molar-refractivity contribution in [3.63, 3.8) is 0 Å². The van der Waals surface area contributed by atoms with E-state index < -0.39 is 0 Å². The lowest BCUT2D eigenvalue weighted by atomic mass is 10.3. The van der Waals surface area contributed by atoms with Crippen LogP contribution in [0.15, 0.2) is 30.6 Å². The van der Waals surface area contributed by atoms with E-state index in [0.29, 0.717) is 0 Å². The van der Waals surface area contributed by atoms with Crippen molar-refractivity contribution in [2.24, 2.45) is 0 Å². The third kappa shape index (κ3) is 1.85. The molecule has 0 N–H and O–H groups in total. The Morgan fingerprint density at radius 2 is 2.06 bits per heavy atom.